The van der Waals surface area contributed by atoms with Crippen molar-refractivity contribution in [2.24, 2.45) is 0 Å². The number of hydrogen-bond donors (Lipinski definition) is 0. The van der Waals surface area contributed by atoms with Crippen LogP contribution in [0.2, 0.25) is 0 Å². The molecule has 0 aliphatic carbocycles. The minimum absolute atomic E-state index is 0.135. The molecule has 2 nitrogen and oxygen atoms in total. The largest absolute Gasteiger partial charge is 0.496 e. The second-order valence-electron chi connectivity index (χ2n) is 3.52. The van der Waals surface area contributed by atoms with Gasteiger partial charge in [0.15, 0.2) is 5.78 Å². The third kappa shape index (κ3) is 2.71. The summed E-state index contributed by atoms with van der Waals surface area (Å²) < 4.78 is 18.2. The molecule has 2 rings (SSSR count). The zero-order valence-corrected chi connectivity index (χ0v) is 10.1. The van der Waals surface area contributed by atoms with Crippen LogP contribution in [0.4, 0.5) is 4.39 Å². The van der Waals surface area contributed by atoms with Crippen LogP contribution in [0.15, 0.2) is 35.7 Å². The maximum Gasteiger partial charge on any atom is 0.171 e. The lowest BCUT2D eigenvalue weighted by Crippen LogP contribution is -2.05. The predicted octanol–water partition coefficient (Wildman–Crippen LogP) is 3.32. The van der Waals surface area contributed by atoms with E-state index in [0.717, 1.165) is 4.88 Å². The lowest BCUT2D eigenvalue weighted by Gasteiger charge is -2.06. The van der Waals surface area contributed by atoms with Crippen LogP contribution in [0.5, 0.6) is 5.75 Å². The minimum Gasteiger partial charge on any atom is -0.496 e. The average molecular weight is 250 g/mol. The van der Waals surface area contributed by atoms with Crippen LogP contribution in [-0.2, 0) is 6.42 Å². The Balaban J connectivity index is 2.26. The Morgan fingerprint density at radius 2 is 2.24 bits per heavy atom. The van der Waals surface area contributed by atoms with Crippen LogP contribution < -0.4 is 4.74 Å². The van der Waals surface area contributed by atoms with E-state index in [1.807, 2.05) is 17.5 Å². The highest BCUT2D eigenvalue weighted by atomic mass is 32.1. The third-order valence-electron chi connectivity index (χ3n) is 2.38. The Bertz CT molecular complexity index is 520. The highest BCUT2D eigenvalue weighted by Gasteiger charge is 2.14. The molecule has 0 aliphatic heterocycles. The van der Waals surface area contributed by atoms with Gasteiger partial charge in [-0.15, -0.1) is 11.3 Å². The number of Topliss-reactive ketones (excluding diaryl/α,β-unsaturated/α-hetero) is 1. The van der Waals surface area contributed by atoms with E-state index >= 15 is 0 Å². The van der Waals surface area contributed by atoms with Gasteiger partial charge in [0.25, 0.3) is 0 Å². The van der Waals surface area contributed by atoms with Crippen LogP contribution >= 0.6 is 11.3 Å². The van der Waals surface area contributed by atoms with Crippen molar-refractivity contribution in [1.29, 1.82) is 0 Å². The quantitative estimate of drug-likeness (QED) is 0.778. The summed E-state index contributed by atoms with van der Waals surface area (Å²) in [5.74, 6) is -0.155. The smallest absolute Gasteiger partial charge is 0.171 e. The van der Waals surface area contributed by atoms with Crippen molar-refractivity contribution < 1.29 is 13.9 Å². The van der Waals surface area contributed by atoms with E-state index in [-0.39, 0.29) is 12.2 Å². The van der Waals surface area contributed by atoms with Crippen LogP contribution in [0, 0.1) is 5.82 Å². The van der Waals surface area contributed by atoms with E-state index < -0.39 is 5.82 Å². The van der Waals surface area contributed by atoms with E-state index in [1.165, 1.54) is 36.6 Å². The van der Waals surface area contributed by atoms with Gasteiger partial charge in [-0.1, -0.05) is 6.07 Å². The summed E-state index contributed by atoms with van der Waals surface area (Å²) in [4.78, 5) is 13.0. The fourth-order valence-corrected chi connectivity index (χ4v) is 2.27. The number of ether oxygens (including phenoxy) is 1. The lowest BCUT2D eigenvalue weighted by atomic mass is 10.1. The molecule has 88 valence electrons. The Morgan fingerprint density at radius 1 is 1.41 bits per heavy atom. The lowest BCUT2D eigenvalue weighted by molar-refractivity contribution is 0.0990. The molecule has 0 amide bonds. The topological polar surface area (TPSA) is 26.3 Å². The fourth-order valence-electron chi connectivity index (χ4n) is 1.56. The van der Waals surface area contributed by atoms with Gasteiger partial charge in [-0.2, -0.15) is 0 Å². The number of thiophene rings is 1. The molecule has 0 unspecified atom stereocenters. The summed E-state index contributed by atoms with van der Waals surface area (Å²) in [7, 11) is 1.47. The van der Waals surface area contributed by atoms with Crippen molar-refractivity contribution in [3.63, 3.8) is 0 Å². The molecule has 0 fully saturated rings. The van der Waals surface area contributed by atoms with Crippen molar-refractivity contribution in [1.82, 2.24) is 0 Å². The molecule has 0 aliphatic rings. The van der Waals surface area contributed by atoms with Gasteiger partial charge in [0.05, 0.1) is 12.7 Å². The van der Waals surface area contributed by atoms with Gasteiger partial charge in [0.2, 0.25) is 0 Å². The first-order valence-corrected chi connectivity index (χ1v) is 5.98. The maximum atomic E-state index is 13.1. The summed E-state index contributed by atoms with van der Waals surface area (Å²) in [6, 6.07) is 7.73. The van der Waals surface area contributed by atoms with E-state index in [2.05, 4.69) is 0 Å². The molecule has 1 aromatic heterocycles. The highest BCUT2D eigenvalue weighted by molar-refractivity contribution is 7.10. The number of halogens is 1. The number of carbonyl (C=O) groups excluding carboxylic acids is 1. The molecule has 17 heavy (non-hydrogen) atoms. The Morgan fingerprint density at radius 3 is 2.88 bits per heavy atom. The monoisotopic (exact) mass is 250 g/mol. The molecule has 0 atom stereocenters. The van der Waals surface area contributed by atoms with Gasteiger partial charge in [-0.25, -0.2) is 4.39 Å². The van der Waals surface area contributed by atoms with Crippen molar-refractivity contribution in [3.8, 4) is 5.75 Å². The first-order chi connectivity index (χ1) is 8.20. The first kappa shape index (κ1) is 11.8. The van der Waals surface area contributed by atoms with Crippen LogP contribution in [-0.4, -0.2) is 12.9 Å². The van der Waals surface area contributed by atoms with Crippen LogP contribution in [0.1, 0.15) is 15.2 Å². The summed E-state index contributed by atoms with van der Waals surface area (Å²) in [6.45, 7) is 0. The number of hydrogen-bond acceptors (Lipinski definition) is 3. The molecule has 2 aromatic rings. The molecule has 0 N–H and O–H groups in total. The number of methoxy groups -OCH3 is 1. The number of ketones is 1. The molecular weight excluding hydrogens is 239 g/mol. The fraction of sp³-hybridized carbons (Fsp3) is 0.154. The molecule has 1 heterocycles. The average Bonchev–Trinajstić information content (AvgIpc) is 2.81. The number of benzene rings is 1. The van der Waals surface area contributed by atoms with Crippen molar-refractivity contribution in [2.75, 3.05) is 7.11 Å². The normalized spacial score (nSPS) is 10.2. The molecule has 0 saturated heterocycles. The van der Waals surface area contributed by atoms with E-state index in [9.17, 15) is 9.18 Å². The maximum absolute atomic E-state index is 13.1. The highest BCUT2D eigenvalue weighted by Crippen LogP contribution is 2.22. The Hall–Kier alpha value is -1.68. The van der Waals surface area contributed by atoms with Gasteiger partial charge in [0.1, 0.15) is 11.6 Å². The summed E-state index contributed by atoms with van der Waals surface area (Å²) in [5.41, 5.74) is 0.293. The number of carbonyl (C=O) groups is 1. The van der Waals surface area contributed by atoms with Gasteiger partial charge in [0, 0.05) is 11.3 Å². The molecule has 0 spiro atoms. The van der Waals surface area contributed by atoms with Crippen molar-refractivity contribution >= 4 is 17.1 Å². The third-order valence-corrected chi connectivity index (χ3v) is 3.25. The molecule has 0 bridgehead atoms. The minimum atomic E-state index is -0.430. The van der Waals surface area contributed by atoms with Crippen LogP contribution in [0.25, 0.3) is 0 Å². The van der Waals surface area contributed by atoms with E-state index in [4.69, 9.17) is 4.74 Å². The predicted molar refractivity (Wildman–Crippen MR) is 65.3 cm³/mol. The van der Waals surface area contributed by atoms with E-state index in [1.54, 1.807) is 0 Å². The van der Waals surface area contributed by atoms with Gasteiger partial charge < -0.3 is 4.74 Å². The molecular formula is C13H11FO2S. The summed E-state index contributed by atoms with van der Waals surface area (Å²) in [6.07, 6.45) is 0.275. The zero-order chi connectivity index (χ0) is 12.3. The summed E-state index contributed by atoms with van der Waals surface area (Å²) >= 11 is 1.51. The standard InChI is InChI=1S/C13H11FO2S/c1-16-13-5-4-9(14)7-11(13)12(15)8-10-3-2-6-17-10/h2-7H,8H2,1H3. The second kappa shape index (κ2) is 5.10. The van der Waals surface area contributed by atoms with Gasteiger partial charge in [-0.3, -0.25) is 4.79 Å². The summed E-state index contributed by atoms with van der Waals surface area (Å²) in [5, 5.41) is 1.91. The van der Waals surface area contributed by atoms with Gasteiger partial charge >= 0.3 is 0 Å². The zero-order valence-electron chi connectivity index (χ0n) is 9.27. The van der Waals surface area contributed by atoms with Crippen molar-refractivity contribution in [3.05, 3.63) is 52.0 Å². The second-order valence-corrected chi connectivity index (χ2v) is 4.56. The van der Waals surface area contributed by atoms with E-state index in [0.29, 0.717) is 11.3 Å². The molecule has 4 heteroatoms. The molecule has 0 saturated carbocycles. The first-order valence-electron chi connectivity index (χ1n) is 5.10. The Labute approximate surface area is 103 Å². The SMILES string of the molecule is COc1ccc(F)cc1C(=O)Cc1cccs1. The Kier molecular flexibility index (Phi) is 3.54. The number of rotatable bonds is 4. The van der Waals surface area contributed by atoms with Crippen molar-refractivity contribution in [2.45, 2.75) is 6.42 Å². The molecule has 1 aromatic carbocycles. The van der Waals surface area contributed by atoms with Crippen LogP contribution in [0.3, 0.4) is 0 Å². The van der Waals surface area contributed by atoms with Gasteiger partial charge in [-0.05, 0) is 29.6 Å². The molecule has 0 radical (unpaired) electrons.